The summed E-state index contributed by atoms with van der Waals surface area (Å²) in [4.78, 5) is 3.34. The van der Waals surface area contributed by atoms with Crippen LogP contribution in [0.1, 0.15) is 12.0 Å². The molecule has 0 bridgehead atoms. The Morgan fingerprint density at radius 2 is 1.55 bits per heavy atom. The first-order chi connectivity index (χ1) is 10.8. The van der Waals surface area contributed by atoms with Crippen LogP contribution < -0.4 is 0 Å². The summed E-state index contributed by atoms with van der Waals surface area (Å²) in [5.41, 5.74) is 3.87. The maximum Gasteiger partial charge on any atom is 0.0784 e. The molecule has 0 unspecified atom stereocenters. The molecule has 0 amide bonds. The molecule has 1 aliphatic rings. The molecule has 1 saturated heterocycles. The third-order valence-corrected chi connectivity index (χ3v) is 4.51. The first-order valence-electron chi connectivity index (χ1n) is 7.83. The van der Waals surface area contributed by atoms with E-state index in [9.17, 15) is 0 Å². The zero-order chi connectivity index (χ0) is 15.2. The standard InChI is InChI=1S/C19H21NOS/c22-19(20-12-14-21-15-13-20)11-8-16-6-9-18(10-7-16)17-4-2-1-3-5-17/h1-7,9-10H,8,11-15H2. The number of ether oxygens (including phenoxy) is 1. The van der Waals surface area contributed by atoms with E-state index in [1.807, 2.05) is 6.07 Å². The zero-order valence-electron chi connectivity index (χ0n) is 12.7. The van der Waals surface area contributed by atoms with E-state index in [1.54, 1.807) is 0 Å². The smallest absolute Gasteiger partial charge is 0.0784 e. The molecule has 0 aliphatic carbocycles. The van der Waals surface area contributed by atoms with Gasteiger partial charge in [0.05, 0.1) is 18.2 Å². The molecule has 0 spiro atoms. The summed E-state index contributed by atoms with van der Waals surface area (Å²) >= 11 is 5.55. The molecule has 114 valence electrons. The Morgan fingerprint density at radius 1 is 0.909 bits per heavy atom. The van der Waals surface area contributed by atoms with Crippen molar-refractivity contribution < 1.29 is 4.74 Å². The molecular formula is C19H21NOS. The lowest BCUT2D eigenvalue weighted by Crippen LogP contribution is -2.39. The number of hydrogen-bond acceptors (Lipinski definition) is 2. The molecule has 0 aromatic heterocycles. The molecule has 3 rings (SSSR count). The van der Waals surface area contributed by atoms with Crippen LogP contribution in [0.25, 0.3) is 11.1 Å². The minimum Gasteiger partial charge on any atom is -0.378 e. The lowest BCUT2D eigenvalue weighted by Gasteiger charge is -2.29. The van der Waals surface area contributed by atoms with E-state index in [-0.39, 0.29) is 0 Å². The fourth-order valence-corrected chi connectivity index (χ4v) is 3.00. The Hall–Kier alpha value is -1.71. The van der Waals surface area contributed by atoms with Crippen molar-refractivity contribution in [1.82, 2.24) is 4.90 Å². The third kappa shape index (κ3) is 3.93. The number of rotatable bonds is 4. The predicted molar refractivity (Wildman–Crippen MR) is 95.2 cm³/mol. The zero-order valence-corrected chi connectivity index (χ0v) is 13.5. The summed E-state index contributed by atoms with van der Waals surface area (Å²) in [6.45, 7) is 3.47. The fourth-order valence-electron chi connectivity index (χ4n) is 2.72. The van der Waals surface area contributed by atoms with Gasteiger partial charge in [-0.25, -0.2) is 0 Å². The van der Waals surface area contributed by atoms with Gasteiger partial charge < -0.3 is 9.64 Å². The molecule has 2 aromatic carbocycles. The Kier molecular flexibility index (Phi) is 5.20. The summed E-state index contributed by atoms with van der Waals surface area (Å²) in [7, 11) is 0. The molecule has 1 fully saturated rings. The number of benzene rings is 2. The number of hydrogen-bond donors (Lipinski definition) is 0. The van der Waals surface area contributed by atoms with Crippen molar-refractivity contribution in [2.75, 3.05) is 26.3 Å². The summed E-state index contributed by atoms with van der Waals surface area (Å²) in [5, 5.41) is 0. The quantitative estimate of drug-likeness (QED) is 0.794. The van der Waals surface area contributed by atoms with Gasteiger partial charge in [0.2, 0.25) is 0 Å². The Balaban J connectivity index is 1.56. The highest BCUT2D eigenvalue weighted by atomic mass is 32.1. The Bertz CT molecular complexity index is 603. The van der Waals surface area contributed by atoms with Crippen LogP contribution in [0.3, 0.4) is 0 Å². The minimum atomic E-state index is 0.798. The van der Waals surface area contributed by atoms with E-state index in [0.29, 0.717) is 0 Å². The second-order valence-corrected chi connectivity index (χ2v) is 6.03. The van der Waals surface area contributed by atoms with Gasteiger partial charge in [-0.3, -0.25) is 0 Å². The maximum absolute atomic E-state index is 5.55. The average Bonchev–Trinajstić information content (AvgIpc) is 2.61. The van der Waals surface area contributed by atoms with Gasteiger partial charge in [0.1, 0.15) is 0 Å². The topological polar surface area (TPSA) is 12.5 Å². The van der Waals surface area contributed by atoms with E-state index >= 15 is 0 Å². The second kappa shape index (κ2) is 7.52. The molecule has 1 aliphatic heterocycles. The van der Waals surface area contributed by atoms with Crippen LogP contribution in [0.15, 0.2) is 54.6 Å². The first kappa shape index (κ1) is 15.2. The molecule has 1 heterocycles. The van der Waals surface area contributed by atoms with E-state index in [1.165, 1.54) is 16.7 Å². The van der Waals surface area contributed by atoms with Gasteiger partial charge in [0.15, 0.2) is 0 Å². The van der Waals surface area contributed by atoms with Crippen molar-refractivity contribution in [3.8, 4) is 11.1 Å². The molecule has 0 radical (unpaired) electrons. The molecular weight excluding hydrogens is 290 g/mol. The van der Waals surface area contributed by atoms with Crippen molar-refractivity contribution in [3.63, 3.8) is 0 Å². The van der Waals surface area contributed by atoms with Crippen LogP contribution >= 0.6 is 12.2 Å². The van der Waals surface area contributed by atoms with Gasteiger partial charge >= 0.3 is 0 Å². The lowest BCUT2D eigenvalue weighted by atomic mass is 10.0. The Labute approximate surface area is 137 Å². The third-order valence-electron chi connectivity index (χ3n) is 4.05. The molecule has 0 atom stereocenters. The van der Waals surface area contributed by atoms with Crippen LogP contribution in [0.2, 0.25) is 0 Å². The monoisotopic (exact) mass is 311 g/mol. The first-order valence-corrected chi connectivity index (χ1v) is 8.23. The fraction of sp³-hybridized carbons (Fsp3) is 0.316. The summed E-state index contributed by atoms with van der Waals surface area (Å²) in [5.74, 6) is 0. The molecule has 2 nitrogen and oxygen atoms in total. The van der Waals surface area contributed by atoms with Gasteiger partial charge in [-0.15, -0.1) is 0 Å². The number of aryl methyl sites for hydroxylation is 1. The Morgan fingerprint density at radius 3 is 2.23 bits per heavy atom. The van der Waals surface area contributed by atoms with Crippen LogP contribution in [0.5, 0.6) is 0 Å². The SMILES string of the molecule is S=C(CCc1ccc(-c2ccccc2)cc1)N1CCOCC1. The second-order valence-electron chi connectivity index (χ2n) is 5.56. The summed E-state index contributed by atoms with van der Waals surface area (Å²) in [6, 6.07) is 19.3. The van der Waals surface area contributed by atoms with E-state index in [0.717, 1.165) is 44.1 Å². The van der Waals surface area contributed by atoms with Crippen molar-refractivity contribution in [2.45, 2.75) is 12.8 Å². The van der Waals surface area contributed by atoms with E-state index in [4.69, 9.17) is 17.0 Å². The van der Waals surface area contributed by atoms with Crippen molar-refractivity contribution in [1.29, 1.82) is 0 Å². The molecule has 0 saturated carbocycles. The summed E-state index contributed by atoms with van der Waals surface area (Å²) in [6.07, 6.45) is 1.95. The highest BCUT2D eigenvalue weighted by Crippen LogP contribution is 2.20. The highest BCUT2D eigenvalue weighted by molar-refractivity contribution is 7.80. The molecule has 22 heavy (non-hydrogen) atoms. The minimum absolute atomic E-state index is 0.798. The van der Waals surface area contributed by atoms with Gasteiger partial charge in [0, 0.05) is 19.5 Å². The lowest BCUT2D eigenvalue weighted by molar-refractivity contribution is 0.0683. The molecule has 0 N–H and O–H groups in total. The van der Waals surface area contributed by atoms with Crippen molar-refractivity contribution in [3.05, 3.63) is 60.2 Å². The van der Waals surface area contributed by atoms with E-state index in [2.05, 4.69) is 53.4 Å². The van der Waals surface area contributed by atoms with Gasteiger partial charge in [-0.2, -0.15) is 0 Å². The molecule has 3 heteroatoms. The van der Waals surface area contributed by atoms with Crippen LogP contribution in [0.4, 0.5) is 0 Å². The van der Waals surface area contributed by atoms with Gasteiger partial charge in [-0.05, 0) is 23.1 Å². The average molecular weight is 311 g/mol. The van der Waals surface area contributed by atoms with Crippen LogP contribution in [0, 0.1) is 0 Å². The van der Waals surface area contributed by atoms with Crippen LogP contribution in [-0.2, 0) is 11.2 Å². The van der Waals surface area contributed by atoms with E-state index < -0.39 is 0 Å². The highest BCUT2D eigenvalue weighted by Gasteiger charge is 2.13. The maximum atomic E-state index is 5.55. The predicted octanol–water partition coefficient (Wildman–Crippen LogP) is 3.95. The number of morpholine rings is 1. The summed E-state index contributed by atoms with van der Waals surface area (Å²) < 4.78 is 5.37. The molecule has 2 aromatic rings. The number of nitrogens with zero attached hydrogens (tertiary/aromatic N) is 1. The van der Waals surface area contributed by atoms with Gasteiger partial charge in [-0.1, -0.05) is 66.8 Å². The van der Waals surface area contributed by atoms with Gasteiger partial charge in [0.25, 0.3) is 0 Å². The van der Waals surface area contributed by atoms with Crippen molar-refractivity contribution in [2.24, 2.45) is 0 Å². The van der Waals surface area contributed by atoms with Crippen molar-refractivity contribution >= 4 is 17.2 Å². The normalized spacial score (nSPS) is 14.8. The number of thiocarbonyl (C=S) groups is 1. The largest absolute Gasteiger partial charge is 0.378 e. The van der Waals surface area contributed by atoms with Crippen LogP contribution in [-0.4, -0.2) is 36.2 Å².